The summed E-state index contributed by atoms with van der Waals surface area (Å²) in [5, 5.41) is 0. The lowest BCUT2D eigenvalue weighted by Crippen LogP contribution is -2.20. The van der Waals surface area contributed by atoms with Crippen molar-refractivity contribution in [3.63, 3.8) is 0 Å². The molecule has 0 radical (unpaired) electrons. The molecule has 7 heteroatoms. The number of halogens is 1. The van der Waals surface area contributed by atoms with Gasteiger partial charge in [0.15, 0.2) is 6.61 Å². The molecule has 0 bridgehead atoms. The number of hydrogen-bond donors (Lipinski definition) is 1. The molecule has 6 nitrogen and oxygen atoms in total. The number of carbonyl (C=O) groups is 2. The van der Waals surface area contributed by atoms with Gasteiger partial charge < -0.3 is 19.9 Å². The van der Waals surface area contributed by atoms with Gasteiger partial charge in [0.05, 0.1) is 12.7 Å². The Kier molecular flexibility index (Phi) is 6.20. The first-order chi connectivity index (χ1) is 11.5. The molecule has 2 N–H and O–H groups in total. The predicted molar refractivity (Wildman–Crippen MR) is 90.9 cm³/mol. The first-order valence-electron chi connectivity index (χ1n) is 7.00. The predicted octanol–water partition coefficient (Wildman–Crippen LogP) is 2.68. The molecule has 0 fully saturated rings. The van der Waals surface area contributed by atoms with Gasteiger partial charge in [-0.25, -0.2) is 4.79 Å². The SMILES string of the molecule is COc1ccc(Br)cc1COC(=O)c1ccc(OCC(N)=O)cc1. The topological polar surface area (TPSA) is 87.8 Å². The number of primary amides is 1. The fraction of sp³-hybridized carbons (Fsp3) is 0.176. The fourth-order valence-electron chi connectivity index (χ4n) is 1.93. The third-order valence-corrected chi connectivity index (χ3v) is 3.57. The minimum absolute atomic E-state index is 0.0847. The summed E-state index contributed by atoms with van der Waals surface area (Å²) in [6.07, 6.45) is 0. The van der Waals surface area contributed by atoms with Crippen LogP contribution in [0, 0.1) is 0 Å². The van der Waals surface area contributed by atoms with E-state index < -0.39 is 11.9 Å². The number of ether oxygens (including phenoxy) is 3. The summed E-state index contributed by atoms with van der Waals surface area (Å²) in [5.41, 5.74) is 6.12. The highest BCUT2D eigenvalue weighted by Crippen LogP contribution is 2.24. The maximum absolute atomic E-state index is 12.1. The number of amides is 1. The molecule has 0 aliphatic rings. The molecule has 0 spiro atoms. The summed E-state index contributed by atoms with van der Waals surface area (Å²) in [5.74, 6) is 0.0418. The highest BCUT2D eigenvalue weighted by Gasteiger charge is 2.10. The van der Waals surface area contributed by atoms with Gasteiger partial charge in [0.1, 0.15) is 18.1 Å². The Morgan fingerprint density at radius 3 is 2.46 bits per heavy atom. The number of hydrogen-bond acceptors (Lipinski definition) is 5. The molecule has 0 heterocycles. The molecule has 2 aromatic carbocycles. The summed E-state index contributed by atoms with van der Waals surface area (Å²) in [4.78, 5) is 22.7. The summed E-state index contributed by atoms with van der Waals surface area (Å²) < 4.78 is 16.5. The highest BCUT2D eigenvalue weighted by atomic mass is 79.9. The highest BCUT2D eigenvalue weighted by molar-refractivity contribution is 9.10. The summed E-state index contributed by atoms with van der Waals surface area (Å²) in [6.45, 7) is -0.131. The molecular formula is C17H16BrNO5. The van der Waals surface area contributed by atoms with Gasteiger partial charge in [-0.3, -0.25) is 4.79 Å². The van der Waals surface area contributed by atoms with Crippen molar-refractivity contribution in [2.75, 3.05) is 13.7 Å². The van der Waals surface area contributed by atoms with Gasteiger partial charge >= 0.3 is 5.97 Å². The van der Waals surface area contributed by atoms with Crippen LogP contribution in [0.4, 0.5) is 0 Å². The Bertz CT molecular complexity index is 730. The van der Waals surface area contributed by atoms with Crippen molar-refractivity contribution >= 4 is 27.8 Å². The lowest BCUT2D eigenvalue weighted by Gasteiger charge is -2.10. The number of benzene rings is 2. The van der Waals surface area contributed by atoms with Crippen LogP contribution in [0.5, 0.6) is 11.5 Å². The average Bonchev–Trinajstić information content (AvgIpc) is 2.58. The van der Waals surface area contributed by atoms with Gasteiger partial charge in [0, 0.05) is 10.0 Å². The molecule has 24 heavy (non-hydrogen) atoms. The minimum Gasteiger partial charge on any atom is -0.496 e. The van der Waals surface area contributed by atoms with Crippen molar-refractivity contribution in [3.8, 4) is 11.5 Å². The maximum Gasteiger partial charge on any atom is 0.338 e. The van der Waals surface area contributed by atoms with E-state index in [2.05, 4.69) is 15.9 Å². The smallest absolute Gasteiger partial charge is 0.338 e. The second kappa shape index (κ2) is 8.35. The molecule has 0 aromatic heterocycles. The van der Waals surface area contributed by atoms with E-state index in [4.69, 9.17) is 19.9 Å². The molecule has 0 atom stereocenters. The average molecular weight is 394 g/mol. The third kappa shape index (κ3) is 4.99. The second-order valence-electron chi connectivity index (χ2n) is 4.81. The maximum atomic E-state index is 12.1. The summed E-state index contributed by atoms with van der Waals surface area (Å²) in [6, 6.07) is 11.7. The Hall–Kier alpha value is -2.54. The number of nitrogens with two attached hydrogens (primary N) is 1. The lowest BCUT2D eigenvalue weighted by molar-refractivity contribution is -0.119. The van der Waals surface area contributed by atoms with Crippen LogP contribution in [0.2, 0.25) is 0 Å². The van der Waals surface area contributed by atoms with Crippen LogP contribution in [0.15, 0.2) is 46.9 Å². The van der Waals surface area contributed by atoms with E-state index in [0.717, 1.165) is 10.0 Å². The fourth-order valence-corrected chi connectivity index (χ4v) is 2.34. The van der Waals surface area contributed by atoms with E-state index in [1.807, 2.05) is 12.1 Å². The van der Waals surface area contributed by atoms with Crippen LogP contribution in [-0.4, -0.2) is 25.6 Å². The standard InChI is InChI=1S/C17H16BrNO5/c1-22-15-7-4-13(18)8-12(15)9-24-17(21)11-2-5-14(6-3-11)23-10-16(19)20/h2-8H,9-10H2,1H3,(H2,19,20). The number of methoxy groups -OCH3 is 1. The molecule has 0 aliphatic heterocycles. The van der Waals surface area contributed by atoms with Gasteiger partial charge in [-0.1, -0.05) is 15.9 Å². The van der Waals surface area contributed by atoms with E-state index in [-0.39, 0.29) is 13.2 Å². The van der Waals surface area contributed by atoms with Gasteiger partial charge in [-0.15, -0.1) is 0 Å². The van der Waals surface area contributed by atoms with E-state index in [0.29, 0.717) is 17.1 Å². The van der Waals surface area contributed by atoms with Crippen LogP contribution >= 0.6 is 15.9 Å². The van der Waals surface area contributed by atoms with Crippen molar-refractivity contribution in [2.45, 2.75) is 6.61 Å². The van der Waals surface area contributed by atoms with Crippen LogP contribution in [0.3, 0.4) is 0 Å². The number of carbonyl (C=O) groups excluding carboxylic acids is 2. The quantitative estimate of drug-likeness (QED) is 0.730. The van der Waals surface area contributed by atoms with Crippen LogP contribution in [0.25, 0.3) is 0 Å². The van der Waals surface area contributed by atoms with Crippen LogP contribution < -0.4 is 15.2 Å². The van der Waals surface area contributed by atoms with E-state index >= 15 is 0 Å². The van der Waals surface area contributed by atoms with Crippen LogP contribution in [-0.2, 0) is 16.1 Å². The first-order valence-corrected chi connectivity index (χ1v) is 7.79. The van der Waals surface area contributed by atoms with E-state index in [1.54, 1.807) is 37.4 Å². The Morgan fingerprint density at radius 2 is 1.83 bits per heavy atom. The third-order valence-electron chi connectivity index (χ3n) is 3.07. The monoisotopic (exact) mass is 393 g/mol. The van der Waals surface area contributed by atoms with E-state index in [9.17, 15) is 9.59 Å². The zero-order valence-electron chi connectivity index (χ0n) is 13.0. The van der Waals surface area contributed by atoms with Gasteiger partial charge in [-0.05, 0) is 42.5 Å². The molecule has 1 amide bonds. The largest absolute Gasteiger partial charge is 0.496 e. The van der Waals surface area contributed by atoms with Gasteiger partial charge in [0.25, 0.3) is 5.91 Å². The Balaban J connectivity index is 1.97. The first kappa shape index (κ1) is 17.8. The number of rotatable bonds is 7. The summed E-state index contributed by atoms with van der Waals surface area (Å²) in [7, 11) is 1.55. The number of esters is 1. The Morgan fingerprint density at radius 1 is 1.12 bits per heavy atom. The molecule has 0 unspecified atom stereocenters. The van der Waals surface area contributed by atoms with Crippen molar-refractivity contribution < 1.29 is 23.8 Å². The van der Waals surface area contributed by atoms with Crippen molar-refractivity contribution in [3.05, 3.63) is 58.1 Å². The molecular weight excluding hydrogens is 378 g/mol. The Labute approximate surface area is 147 Å². The molecule has 2 aromatic rings. The van der Waals surface area contributed by atoms with Crippen molar-refractivity contribution in [1.82, 2.24) is 0 Å². The zero-order valence-corrected chi connectivity index (χ0v) is 14.5. The van der Waals surface area contributed by atoms with E-state index in [1.165, 1.54) is 0 Å². The normalized spacial score (nSPS) is 10.1. The zero-order chi connectivity index (χ0) is 17.5. The lowest BCUT2D eigenvalue weighted by atomic mass is 10.2. The van der Waals surface area contributed by atoms with Gasteiger partial charge in [0.2, 0.25) is 0 Å². The summed E-state index contributed by atoms with van der Waals surface area (Å²) >= 11 is 3.37. The molecule has 2 rings (SSSR count). The van der Waals surface area contributed by atoms with Gasteiger partial charge in [-0.2, -0.15) is 0 Å². The van der Waals surface area contributed by atoms with Crippen molar-refractivity contribution in [1.29, 1.82) is 0 Å². The molecule has 0 aliphatic carbocycles. The minimum atomic E-state index is -0.568. The molecule has 0 saturated carbocycles. The van der Waals surface area contributed by atoms with Crippen molar-refractivity contribution in [2.24, 2.45) is 5.73 Å². The molecule has 126 valence electrons. The molecule has 0 saturated heterocycles. The van der Waals surface area contributed by atoms with Crippen LogP contribution in [0.1, 0.15) is 15.9 Å². The second-order valence-corrected chi connectivity index (χ2v) is 5.73.